The SMILES string of the molecule is Cl.Nc1ccccc1CCC(=O)Nc1cc(F)ccc1OCC1CCCO1. The Morgan fingerprint density at radius 1 is 1.30 bits per heavy atom. The van der Waals surface area contributed by atoms with E-state index in [2.05, 4.69) is 5.32 Å². The van der Waals surface area contributed by atoms with Gasteiger partial charge in [0.1, 0.15) is 18.2 Å². The molecule has 2 aromatic carbocycles. The molecule has 0 aromatic heterocycles. The van der Waals surface area contributed by atoms with E-state index in [-0.39, 0.29) is 30.8 Å². The molecule has 0 aliphatic carbocycles. The number of benzene rings is 2. The number of nitrogens with two attached hydrogens (primary N) is 1. The summed E-state index contributed by atoms with van der Waals surface area (Å²) in [5.74, 6) is -0.215. The van der Waals surface area contributed by atoms with Gasteiger partial charge in [-0.3, -0.25) is 4.79 Å². The van der Waals surface area contributed by atoms with Crippen LogP contribution in [-0.4, -0.2) is 25.2 Å². The van der Waals surface area contributed by atoms with Gasteiger partial charge in [0, 0.05) is 24.8 Å². The Morgan fingerprint density at radius 2 is 2.11 bits per heavy atom. The van der Waals surface area contributed by atoms with Crippen LogP contribution in [-0.2, 0) is 16.0 Å². The number of rotatable bonds is 7. The van der Waals surface area contributed by atoms with Crippen molar-refractivity contribution in [1.29, 1.82) is 0 Å². The van der Waals surface area contributed by atoms with E-state index < -0.39 is 5.82 Å². The van der Waals surface area contributed by atoms with Crippen LogP contribution in [0.5, 0.6) is 5.75 Å². The number of carbonyl (C=O) groups is 1. The maximum atomic E-state index is 13.6. The molecule has 1 atom stereocenters. The fraction of sp³-hybridized carbons (Fsp3) is 0.350. The molecule has 5 nitrogen and oxygen atoms in total. The molecule has 3 N–H and O–H groups in total. The molecule has 0 saturated carbocycles. The monoisotopic (exact) mass is 394 g/mol. The highest BCUT2D eigenvalue weighted by Crippen LogP contribution is 2.27. The van der Waals surface area contributed by atoms with Crippen LogP contribution in [0.3, 0.4) is 0 Å². The van der Waals surface area contributed by atoms with E-state index in [0.29, 0.717) is 30.2 Å². The van der Waals surface area contributed by atoms with Crippen LogP contribution < -0.4 is 15.8 Å². The minimum Gasteiger partial charge on any atom is -0.489 e. The number of aryl methyl sites for hydroxylation is 1. The van der Waals surface area contributed by atoms with Crippen molar-refractivity contribution in [3.8, 4) is 5.75 Å². The molecule has 27 heavy (non-hydrogen) atoms. The quantitative estimate of drug-likeness (QED) is 0.697. The van der Waals surface area contributed by atoms with Gasteiger partial charge in [-0.15, -0.1) is 12.4 Å². The predicted octanol–water partition coefficient (Wildman–Crippen LogP) is 3.96. The fourth-order valence-corrected chi connectivity index (χ4v) is 2.91. The highest BCUT2D eigenvalue weighted by atomic mass is 35.5. The summed E-state index contributed by atoms with van der Waals surface area (Å²) >= 11 is 0. The first-order valence-corrected chi connectivity index (χ1v) is 8.79. The number of anilines is 2. The van der Waals surface area contributed by atoms with Crippen LogP contribution in [0.25, 0.3) is 0 Å². The normalized spacial score (nSPS) is 15.8. The maximum Gasteiger partial charge on any atom is 0.224 e. The van der Waals surface area contributed by atoms with E-state index in [1.807, 2.05) is 18.2 Å². The van der Waals surface area contributed by atoms with Gasteiger partial charge in [-0.05, 0) is 43.0 Å². The van der Waals surface area contributed by atoms with Gasteiger partial charge in [-0.2, -0.15) is 0 Å². The molecule has 1 aliphatic heterocycles. The lowest BCUT2D eigenvalue weighted by molar-refractivity contribution is -0.116. The number of hydrogen-bond donors (Lipinski definition) is 2. The first-order chi connectivity index (χ1) is 12.6. The van der Waals surface area contributed by atoms with Crippen molar-refractivity contribution in [1.82, 2.24) is 0 Å². The number of nitrogen functional groups attached to an aromatic ring is 1. The number of carbonyl (C=O) groups excluding carboxylic acids is 1. The van der Waals surface area contributed by atoms with Gasteiger partial charge < -0.3 is 20.5 Å². The largest absolute Gasteiger partial charge is 0.489 e. The van der Waals surface area contributed by atoms with E-state index in [0.717, 1.165) is 25.0 Å². The van der Waals surface area contributed by atoms with E-state index in [1.54, 1.807) is 6.07 Å². The van der Waals surface area contributed by atoms with Crippen LogP contribution in [0, 0.1) is 5.82 Å². The maximum absolute atomic E-state index is 13.6. The lowest BCUT2D eigenvalue weighted by atomic mass is 10.1. The molecular formula is C20H24ClFN2O3. The van der Waals surface area contributed by atoms with Crippen molar-refractivity contribution >= 4 is 29.7 Å². The second-order valence-electron chi connectivity index (χ2n) is 6.33. The van der Waals surface area contributed by atoms with Crippen molar-refractivity contribution < 1.29 is 18.7 Å². The molecule has 1 saturated heterocycles. The van der Waals surface area contributed by atoms with Crippen LogP contribution in [0.2, 0.25) is 0 Å². The Balaban J connectivity index is 0.00000261. The van der Waals surface area contributed by atoms with Crippen molar-refractivity contribution in [2.45, 2.75) is 31.8 Å². The summed E-state index contributed by atoms with van der Waals surface area (Å²) < 4.78 is 24.8. The lowest BCUT2D eigenvalue weighted by Gasteiger charge is -2.15. The molecule has 1 aliphatic rings. The summed E-state index contributed by atoms with van der Waals surface area (Å²) in [6.45, 7) is 1.12. The second kappa shape index (κ2) is 10.1. The van der Waals surface area contributed by atoms with Gasteiger partial charge in [0.05, 0.1) is 11.8 Å². The summed E-state index contributed by atoms with van der Waals surface area (Å²) in [6.07, 6.45) is 2.77. The number of ether oxygens (including phenoxy) is 2. The smallest absolute Gasteiger partial charge is 0.224 e. The number of amides is 1. The topological polar surface area (TPSA) is 73.6 Å². The Bertz CT molecular complexity index is 767. The standard InChI is InChI=1S/C20H23FN2O3.ClH/c21-15-8-9-19(26-13-16-5-3-11-25-16)18(12-15)23-20(24)10-7-14-4-1-2-6-17(14)22;/h1-2,4,6,8-9,12,16H,3,5,7,10-11,13,22H2,(H,23,24);1H. The average Bonchev–Trinajstić information content (AvgIpc) is 3.14. The van der Waals surface area contributed by atoms with E-state index >= 15 is 0 Å². The molecule has 146 valence electrons. The minimum absolute atomic E-state index is 0. The Kier molecular flexibility index (Phi) is 7.88. The molecule has 0 radical (unpaired) electrons. The van der Waals surface area contributed by atoms with Gasteiger partial charge in [-0.25, -0.2) is 4.39 Å². The molecule has 1 amide bonds. The number of halogens is 2. The van der Waals surface area contributed by atoms with Crippen molar-refractivity contribution in [3.63, 3.8) is 0 Å². The first-order valence-electron chi connectivity index (χ1n) is 8.79. The summed E-state index contributed by atoms with van der Waals surface area (Å²) in [4.78, 5) is 12.3. The lowest BCUT2D eigenvalue weighted by Crippen LogP contribution is -2.18. The molecule has 7 heteroatoms. The Morgan fingerprint density at radius 3 is 2.85 bits per heavy atom. The molecule has 2 aromatic rings. The van der Waals surface area contributed by atoms with Crippen LogP contribution >= 0.6 is 12.4 Å². The third kappa shape index (κ3) is 6.12. The molecule has 0 spiro atoms. The van der Waals surface area contributed by atoms with Gasteiger partial charge in [0.2, 0.25) is 5.91 Å². The third-order valence-corrected chi connectivity index (χ3v) is 4.34. The summed E-state index contributed by atoms with van der Waals surface area (Å²) in [6, 6.07) is 11.5. The van der Waals surface area contributed by atoms with E-state index in [9.17, 15) is 9.18 Å². The molecule has 1 unspecified atom stereocenters. The zero-order chi connectivity index (χ0) is 18.4. The first kappa shape index (κ1) is 21.0. The van der Waals surface area contributed by atoms with Crippen LogP contribution in [0.15, 0.2) is 42.5 Å². The van der Waals surface area contributed by atoms with Crippen LogP contribution in [0.1, 0.15) is 24.8 Å². The van der Waals surface area contributed by atoms with E-state index in [4.69, 9.17) is 15.2 Å². The average molecular weight is 395 g/mol. The van der Waals surface area contributed by atoms with Gasteiger partial charge in [-0.1, -0.05) is 18.2 Å². The number of nitrogens with one attached hydrogen (secondary N) is 1. The zero-order valence-electron chi connectivity index (χ0n) is 14.9. The third-order valence-electron chi connectivity index (χ3n) is 4.34. The summed E-state index contributed by atoms with van der Waals surface area (Å²) in [5, 5.41) is 2.73. The molecule has 1 fully saturated rings. The van der Waals surface area contributed by atoms with Crippen molar-refractivity contribution in [2.75, 3.05) is 24.3 Å². The minimum atomic E-state index is -0.433. The van der Waals surface area contributed by atoms with Gasteiger partial charge in [0.25, 0.3) is 0 Å². The van der Waals surface area contributed by atoms with E-state index in [1.165, 1.54) is 18.2 Å². The molecular weight excluding hydrogens is 371 g/mol. The second-order valence-corrected chi connectivity index (χ2v) is 6.33. The molecule has 3 rings (SSSR count). The fourth-order valence-electron chi connectivity index (χ4n) is 2.91. The van der Waals surface area contributed by atoms with Crippen molar-refractivity contribution in [3.05, 3.63) is 53.8 Å². The van der Waals surface area contributed by atoms with Gasteiger partial charge >= 0.3 is 0 Å². The van der Waals surface area contributed by atoms with Gasteiger partial charge in [0.15, 0.2) is 0 Å². The number of para-hydroxylation sites is 1. The summed E-state index contributed by atoms with van der Waals surface area (Å²) in [7, 11) is 0. The zero-order valence-corrected chi connectivity index (χ0v) is 15.8. The summed E-state index contributed by atoms with van der Waals surface area (Å²) in [5.41, 5.74) is 7.79. The predicted molar refractivity (Wildman–Crippen MR) is 106 cm³/mol. The Labute approximate surface area is 164 Å². The molecule has 0 bridgehead atoms. The number of hydrogen-bond acceptors (Lipinski definition) is 4. The molecule has 1 heterocycles. The highest BCUT2D eigenvalue weighted by Gasteiger charge is 2.17. The highest BCUT2D eigenvalue weighted by molar-refractivity contribution is 5.92. The van der Waals surface area contributed by atoms with Crippen LogP contribution in [0.4, 0.5) is 15.8 Å². The Hall–Kier alpha value is -2.31. The van der Waals surface area contributed by atoms with Crippen molar-refractivity contribution in [2.24, 2.45) is 0 Å².